The number of aliphatic carboxylic acids is 1. The summed E-state index contributed by atoms with van der Waals surface area (Å²) in [5.41, 5.74) is -0.311. The van der Waals surface area contributed by atoms with Gasteiger partial charge in [-0.1, -0.05) is 41.1 Å². The highest BCUT2D eigenvalue weighted by molar-refractivity contribution is 9.10. The SMILES string of the molecule is CCNC(C)(C(=O)O)c1ccccc1Br. The summed E-state index contributed by atoms with van der Waals surface area (Å²) in [6.07, 6.45) is 0. The van der Waals surface area contributed by atoms with Crippen molar-refractivity contribution in [1.82, 2.24) is 5.32 Å². The fourth-order valence-corrected chi connectivity index (χ4v) is 2.19. The Morgan fingerprint density at radius 3 is 2.60 bits per heavy atom. The molecule has 1 unspecified atom stereocenters. The molecule has 0 aliphatic heterocycles. The molecule has 1 aromatic rings. The van der Waals surface area contributed by atoms with Crippen molar-refractivity contribution in [2.45, 2.75) is 19.4 Å². The number of carbonyl (C=O) groups is 1. The third-order valence-electron chi connectivity index (χ3n) is 2.37. The van der Waals surface area contributed by atoms with E-state index in [1.54, 1.807) is 13.0 Å². The normalized spacial score (nSPS) is 14.6. The Morgan fingerprint density at radius 1 is 1.53 bits per heavy atom. The maximum atomic E-state index is 11.3. The van der Waals surface area contributed by atoms with Gasteiger partial charge in [-0.25, -0.2) is 4.79 Å². The number of likely N-dealkylation sites (N-methyl/N-ethyl adjacent to an activating group) is 1. The van der Waals surface area contributed by atoms with Crippen LogP contribution in [0.2, 0.25) is 0 Å². The lowest BCUT2D eigenvalue weighted by atomic mass is 9.92. The van der Waals surface area contributed by atoms with E-state index in [4.69, 9.17) is 0 Å². The van der Waals surface area contributed by atoms with Crippen molar-refractivity contribution in [1.29, 1.82) is 0 Å². The van der Waals surface area contributed by atoms with Crippen molar-refractivity contribution in [2.75, 3.05) is 6.54 Å². The van der Waals surface area contributed by atoms with E-state index in [2.05, 4.69) is 21.2 Å². The Bertz CT molecular complexity index is 367. The molecule has 1 atom stereocenters. The second kappa shape index (κ2) is 4.77. The standard InChI is InChI=1S/C11H14BrNO2/c1-3-13-11(2,10(14)15)8-6-4-5-7-9(8)12/h4-7,13H,3H2,1-2H3,(H,14,15). The maximum absolute atomic E-state index is 11.3. The number of carboxylic acids is 1. The molecule has 0 spiro atoms. The van der Waals surface area contributed by atoms with Crippen molar-refractivity contribution in [2.24, 2.45) is 0 Å². The number of hydrogen-bond donors (Lipinski definition) is 2. The van der Waals surface area contributed by atoms with Crippen LogP contribution in [0.1, 0.15) is 19.4 Å². The zero-order chi connectivity index (χ0) is 11.5. The van der Waals surface area contributed by atoms with E-state index >= 15 is 0 Å². The van der Waals surface area contributed by atoms with Gasteiger partial charge in [0.25, 0.3) is 0 Å². The first-order valence-electron chi connectivity index (χ1n) is 4.75. The summed E-state index contributed by atoms with van der Waals surface area (Å²) < 4.78 is 0.802. The Balaban J connectivity index is 3.21. The molecular weight excluding hydrogens is 258 g/mol. The van der Waals surface area contributed by atoms with Crippen LogP contribution in [0.4, 0.5) is 0 Å². The molecule has 1 aromatic carbocycles. The lowest BCUT2D eigenvalue weighted by Crippen LogP contribution is -2.46. The highest BCUT2D eigenvalue weighted by Gasteiger charge is 2.35. The smallest absolute Gasteiger partial charge is 0.328 e. The molecule has 0 aliphatic rings. The van der Waals surface area contributed by atoms with Crippen LogP contribution in [0.5, 0.6) is 0 Å². The van der Waals surface area contributed by atoms with E-state index in [0.717, 1.165) is 10.0 Å². The minimum absolute atomic E-state index is 0.601. The highest BCUT2D eigenvalue weighted by Crippen LogP contribution is 2.28. The van der Waals surface area contributed by atoms with Gasteiger partial charge in [-0.2, -0.15) is 0 Å². The van der Waals surface area contributed by atoms with E-state index < -0.39 is 11.5 Å². The van der Waals surface area contributed by atoms with E-state index in [1.807, 2.05) is 25.1 Å². The summed E-state index contributed by atoms with van der Waals surface area (Å²) in [7, 11) is 0. The third-order valence-corrected chi connectivity index (χ3v) is 3.06. The van der Waals surface area contributed by atoms with Crippen molar-refractivity contribution < 1.29 is 9.90 Å². The largest absolute Gasteiger partial charge is 0.480 e. The van der Waals surface area contributed by atoms with Crippen molar-refractivity contribution in [3.63, 3.8) is 0 Å². The molecule has 0 saturated carbocycles. The first-order chi connectivity index (χ1) is 7.02. The van der Waals surface area contributed by atoms with Gasteiger partial charge >= 0.3 is 5.97 Å². The summed E-state index contributed by atoms with van der Waals surface area (Å²) in [5, 5.41) is 12.2. The van der Waals surface area contributed by atoms with Crippen LogP contribution in [-0.2, 0) is 10.3 Å². The minimum Gasteiger partial charge on any atom is -0.480 e. The number of nitrogens with one attached hydrogen (secondary N) is 1. The maximum Gasteiger partial charge on any atom is 0.328 e. The molecule has 0 saturated heterocycles. The van der Waals surface area contributed by atoms with Crippen LogP contribution in [0.25, 0.3) is 0 Å². The van der Waals surface area contributed by atoms with Gasteiger partial charge < -0.3 is 5.11 Å². The van der Waals surface area contributed by atoms with Crippen LogP contribution in [0, 0.1) is 0 Å². The number of halogens is 1. The quantitative estimate of drug-likeness (QED) is 0.884. The lowest BCUT2D eigenvalue weighted by molar-refractivity contribution is -0.144. The predicted octanol–water partition coefficient (Wildman–Crippen LogP) is 2.36. The minimum atomic E-state index is -1.05. The molecule has 0 bridgehead atoms. The van der Waals surface area contributed by atoms with Crippen molar-refractivity contribution in [3.8, 4) is 0 Å². The number of rotatable bonds is 4. The summed E-state index contributed by atoms with van der Waals surface area (Å²) in [4.78, 5) is 11.3. The summed E-state index contributed by atoms with van der Waals surface area (Å²) in [6, 6.07) is 7.34. The fourth-order valence-electron chi connectivity index (χ4n) is 1.51. The lowest BCUT2D eigenvalue weighted by Gasteiger charge is -2.27. The van der Waals surface area contributed by atoms with Gasteiger partial charge in [0.15, 0.2) is 0 Å². The molecule has 1 rings (SSSR count). The highest BCUT2D eigenvalue weighted by atomic mass is 79.9. The van der Waals surface area contributed by atoms with Gasteiger partial charge in [0.2, 0.25) is 0 Å². The molecule has 82 valence electrons. The first-order valence-corrected chi connectivity index (χ1v) is 5.55. The molecule has 0 radical (unpaired) electrons. The molecule has 0 aliphatic carbocycles. The molecule has 0 heterocycles. The van der Waals surface area contributed by atoms with Gasteiger partial charge in [0.05, 0.1) is 0 Å². The Hall–Kier alpha value is -0.870. The van der Waals surface area contributed by atoms with Gasteiger partial charge in [-0.05, 0) is 25.1 Å². The zero-order valence-corrected chi connectivity index (χ0v) is 10.3. The van der Waals surface area contributed by atoms with E-state index in [0.29, 0.717) is 6.54 Å². The molecule has 15 heavy (non-hydrogen) atoms. The van der Waals surface area contributed by atoms with E-state index in [9.17, 15) is 9.90 Å². The topological polar surface area (TPSA) is 49.3 Å². The Morgan fingerprint density at radius 2 is 2.13 bits per heavy atom. The Labute approximate surface area is 97.6 Å². The van der Waals surface area contributed by atoms with Crippen LogP contribution < -0.4 is 5.32 Å². The van der Waals surface area contributed by atoms with Crippen LogP contribution in [0.15, 0.2) is 28.7 Å². The monoisotopic (exact) mass is 271 g/mol. The Kier molecular flexibility index (Phi) is 3.88. The average molecular weight is 272 g/mol. The van der Waals surface area contributed by atoms with Gasteiger partial charge in [0.1, 0.15) is 5.54 Å². The molecular formula is C11H14BrNO2. The second-order valence-corrected chi connectivity index (χ2v) is 4.29. The van der Waals surface area contributed by atoms with E-state index in [1.165, 1.54) is 0 Å². The summed E-state index contributed by atoms with van der Waals surface area (Å²) in [5.74, 6) is -0.878. The molecule has 0 amide bonds. The average Bonchev–Trinajstić information content (AvgIpc) is 2.18. The molecule has 4 heteroatoms. The van der Waals surface area contributed by atoms with Crippen molar-refractivity contribution in [3.05, 3.63) is 34.3 Å². The number of carboxylic acid groups (broad SMARTS) is 1. The molecule has 2 N–H and O–H groups in total. The first kappa shape index (κ1) is 12.2. The summed E-state index contributed by atoms with van der Waals surface area (Å²) in [6.45, 7) is 4.15. The van der Waals surface area contributed by atoms with Crippen molar-refractivity contribution >= 4 is 21.9 Å². The predicted molar refractivity (Wildman–Crippen MR) is 62.8 cm³/mol. The third kappa shape index (κ3) is 2.38. The second-order valence-electron chi connectivity index (χ2n) is 3.44. The van der Waals surface area contributed by atoms with Gasteiger partial charge in [-0.3, -0.25) is 5.32 Å². The zero-order valence-electron chi connectivity index (χ0n) is 8.75. The molecule has 0 aromatic heterocycles. The van der Waals surface area contributed by atoms with Crippen LogP contribution >= 0.6 is 15.9 Å². The van der Waals surface area contributed by atoms with Gasteiger partial charge in [-0.15, -0.1) is 0 Å². The van der Waals surface area contributed by atoms with Gasteiger partial charge in [0, 0.05) is 4.47 Å². The molecule has 0 fully saturated rings. The number of hydrogen-bond acceptors (Lipinski definition) is 2. The fraction of sp³-hybridized carbons (Fsp3) is 0.364. The van der Waals surface area contributed by atoms with E-state index in [-0.39, 0.29) is 0 Å². The molecule has 3 nitrogen and oxygen atoms in total. The van der Waals surface area contributed by atoms with Crippen LogP contribution in [-0.4, -0.2) is 17.6 Å². The van der Waals surface area contributed by atoms with Crippen LogP contribution in [0.3, 0.4) is 0 Å². The number of benzene rings is 1. The summed E-state index contributed by atoms with van der Waals surface area (Å²) >= 11 is 3.37.